The van der Waals surface area contributed by atoms with Crippen molar-refractivity contribution in [3.8, 4) is 0 Å². The molecule has 6 nitrogen and oxygen atoms in total. The summed E-state index contributed by atoms with van der Waals surface area (Å²) in [6, 6.07) is 10.5. The average Bonchev–Trinajstić information content (AvgIpc) is 3.10. The van der Waals surface area contributed by atoms with Gasteiger partial charge in [-0.1, -0.05) is 25.1 Å². The number of benzene rings is 2. The van der Waals surface area contributed by atoms with Crippen molar-refractivity contribution in [1.29, 1.82) is 0 Å². The maximum Gasteiger partial charge on any atom is 0.320 e. The van der Waals surface area contributed by atoms with E-state index >= 15 is 0 Å². The van der Waals surface area contributed by atoms with Crippen molar-refractivity contribution < 1.29 is 22.8 Å². The fourth-order valence-corrected chi connectivity index (χ4v) is 3.76. The molecule has 2 aromatic carbocycles. The summed E-state index contributed by atoms with van der Waals surface area (Å²) in [5.74, 6) is -2.45. The zero-order valence-corrected chi connectivity index (χ0v) is 16.0. The number of aromatic nitrogens is 2. The molecular weight excluding hydrogens is 397 g/mol. The molecule has 9 heteroatoms. The number of alkyl halides is 2. The number of imidazole rings is 1. The van der Waals surface area contributed by atoms with Gasteiger partial charge in [0.25, 0.3) is 0 Å². The standard InChI is InChI=1S/C21H19F3N4O2/c1-11(19-27-15-4-2-3-5-17(15)28(19)21(23)24)10-25-20(30)14-9-18(29)26-16-8-12(22)6-7-13(14)16/h2-8,11,14,21H,9-10H2,1H3,(H,25,30)(H,26,29). The number of nitrogens with one attached hydrogen (secondary N) is 2. The molecule has 2 N–H and O–H groups in total. The maximum absolute atomic E-state index is 13.6. The molecule has 0 spiro atoms. The number of amides is 2. The van der Waals surface area contributed by atoms with Crippen LogP contribution in [0.15, 0.2) is 42.5 Å². The number of para-hydroxylation sites is 2. The van der Waals surface area contributed by atoms with Gasteiger partial charge in [0.05, 0.1) is 17.0 Å². The summed E-state index contributed by atoms with van der Waals surface area (Å²) in [7, 11) is 0. The van der Waals surface area contributed by atoms with E-state index < -0.39 is 30.1 Å². The first-order valence-corrected chi connectivity index (χ1v) is 9.47. The lowest BCUT2D eigenvalue weighted by Crippen LogP contribution is -2.37. The summed E-state index contributed by atoms with van der Waals surface area (Å²) in [5.41, 5.74) is 1.55. The molecule has 0 aliphatic carbocycles. The smallest absolute Gasteiger partial charge is 0.320 e. The molecule has 1 aliphatic rings. The van der Waals surface area contributed by atoms with E-state index in [1.165, 1.54) is 18.2 Å². The number of nitrogens with zero attached hydrogens (tertiary/aromatic N) is 2. The number of fused-ring (bicyclic) bond motifs is 2. The Morgan fingerprint density at radius 3 is 2.83 bits per heavy atom. The minimum atomic E-state index is -2.77. The quantitative estimate of drug-likeness (QED) is 0.662. The van der Waals surface area contributed by atoms with Crippen LogP contribution in [0.2, 0.25) is 0 Å². The van der Waals surface area contributed by atoms with E-state index in [1.807, 2.05) is 0 Å². The van der Waals surface area contributed by atoms with Crippen LogP contribution in [-0.4, -0.2) is 27.9 Å². The maximum atomic E-state index is 13.6. The second-order valence-corrected chi connectivity index (χ2v) is 7.29. The van der Waals surface area contributed by atoms with Crippen LogP contribution < -0.4 is 10.6 Å². The molecule has 0 saturated heterocycles. The van der Waals surface area contributed by atoms with Gasteiger partial charge in [-0.2, -0.15) is 8.78 Å². The molecule has 0 radical (unpaired) electrons. The molecule has 1 aromatic heterocycles. The van der Waals surface area contributed by atoms with Crippen LogP contribution in [-0.2, 0) is 9.59 Å². The van der Waals surface area contributed by atoms with E-state index in [-0.39, 0.29) is 30.4 Å². The first-order valence-electron chi connectivity index (χ1n) is 9.47. The van der Waals surface area contributed by atoms with Gasteiger partial charge in [0.1, 0.15) is 11.6 Å². The topological polar surface area (TPSA) is 76.0 Å². The Morgan fingerprint density at radius 1 is 1.30 bits per heavy atom. The van der Waals surface area contributed by atoms with Crippen molar-refractivity contribution >= 4 is 28.5 Å². The minimum absolute atomic E-state index is 0.0590. The molecule has 1 aliphatic heterocycles. The van der Waals surface area contributed by atoms with Crippen molar-refractivity contribution in [2.75, 3.05) is 11.9 Å². The number of hydrogen-bond acceptors (Lipinski definition) is 3. The first kappa shape index (κ1) is 19.9. The Morgan fingerprint density at radius 2 is 2.07 bits per heavy atom. The lowest BCUT2D eigenvalue weighted by atomic mass is 9.89. The third kappa shape index (κ3) is 3.62. The van der Waals surface area contributed by atoms with E-state index in [0.717, 1.165) is 4.57 Å². The van der Waals surface area contributed by atoms with E-state index in [1.54, 1.807) is 31.2 Å². The molecule has 2 unspecified atom stereocenters. The van der Waals surface area contributed by atoms with Gasteiger partial charge in [0, 0.05) is 24.6 Å². The summed E-state index contributed by atoms with van der Waals surface area (Å²) in [6.45, 7) is -1.02. The van der Waals surface area contributed by atoms with Crippen LogP contribution in [0.3, 0.4) is 0 Å². The highest BCUT2D eigenvalue weighted by molar-refractivity contribution is 6.01. The van der Waals surface area contributed by atoms with E-state index in [4.69, 9.17) is 0 Å². The molecule has 156 valence electrons. The third-order valence-corrected chi connectivity index (χ3v) is 5.21. The lowest BCUT2D eigenvalue weighted by Gasteiger charge is -2.25. The summed E-state index contributed by atoms with van der Waals surface area (Å²) in [6.07, 6.45) is -0.0750. The molecule has 0 saturated carbocycles. The van der Waals surface area contributed by atoms with Gasteiger partial charge in [-0.15, -0.1) is 0 Å². The number of carbonyl (C=O) groups excluding carboxylic acids is 2. The fourth-order valence-electron chi connectivity index (χ4n) is 3.76. The molecule has 30 heavy (non-hydrogen) atoms. The second-order valence-electron chi connectivity index (χ2n) is 7.29. The number of hydrogen-bond donors (Lipinski definition) is 2. The normalized spacial score (nSPS) is 17.0. The van der Waals surface area contributed by atoms with Crippen LogP contribution >= 0.6 is 0 Å². The molecule has 2 atom stereocenters. The summed E-state index contributed by atoms with van der Waals surface area (Å²) in [4.78, 5) is 29.0. The highest BCUT2D eigenvalue weighted by atomic mass is 19.3. The Balaban J connectivity index is 1.53. The van der Waals surface area contributed by atoms with Gasteiger partial charge >= 0.3 is 6.55 Å². The number of carbonyl (C=O) groups is 2. The van der Waals surface area contributed by atoms with Gasteiger partial charge in [-0.05, 0) is 29.8 Å². The first-order chi connectivity index (χ1) is 14.3. The van der Waals surface area contributed by atoms with Crippen molar-refractivity contribution in [3.05, 3.63) is 59.7 Å². The zero-order chi connectivity index (χ0) is 21.4. The highest BCUT2D eigenvalue weighted by Gasteiger charge is 2.31. The van der Waals surface area contributed by atoms with E-state index in [0.29, 0.717) is 16.6 Å². The van der Waals surface area contributed by atoms with Crippen LogP contribution in [0.4, 0.5) is 18.9 Å². The van der Waals surface area contributed by atoms with Crippen LogP contribution in [0.25, 0.3) is 11.0 Å². The molecule has 4 rings (SSSR count). The predicted octanol–water partition coefficient (Wildman–Crippen LogP) is 3.92. The SMILES string of the molecule is CC(CNC(=O)C1CC(=O)Nc2cc(F)ccc21)c1nc2ccccc2n1C(F)F. The van der Waals surface area contributed by atoms with E-state index in [9.17, 15) is 22.8 Å². The summed E-state index contributed by atoms with van der Waals surface area (Å²) < 4.78 is 41.6. The van der Waals surface area contributed by atoms with Crippen molar-refractivity contribution in [1.82, 2.24) is 14.9 Å². The minimum Gasteiger partial charge on any atom is -0.355 e. The number of rotatable bonds is 5. The fraction of sp³-hybridized carbons (Fsp3) is 0.286. The van der Waals surface area contributed by atoms with Crippen molar-refractivity contribution in [2.45, 2.75) is 31.7 Å². The van der Waals surface area contributed by atoms with Crippen LogP contribution in [0.1, 0.15) is 43.1 Å². The van der Waals surface area contributed by atoms with Crippen molar-refractivity contribution in [2.24, 2.45) is 0 Å². The van der Waals surface area contributed by atoms with Crippen LogP contribution in [0.5, 0.6) is 0 Å². The summed E-state index contributed by atoms with van der Waals surface area (Å²) in [5, 5.41) is 5.28. The molecule has 2 heterocycles. The van der Waals surface area contributed by atoms with E-state index in [2.05, 4.69) is 15.6 Å². The van der Waals surface area contributed by atoms with Gasteiger partial charge in [0.15, 0.2) is 0 Å². The average molecular weight is 416 g/mol. The second kappa shape index (κ2) is 7.81. The van der Waals surface area contributed by atoms with Gasteiger partial charge in [-0.3, -0.25) is 14.2 Å². The predicted molar refractivity (Wildman–Crippen MR) is 105 cm³/mol. The lowest BCUT2D eigenvalue weighted by molar-refractivity contribution is -0.126. The van der Waals surface area contributed by atoms with Gasteiger partial charge in [0.2, 0.25) is 11.8 Å². The molecule has 2 amide bonds. The Kier molecular flexibility index (Phi) is 5.19. The Labute approximate surface area is 170 Å². The molecular formula is C21H19F3N4O2. The number of halogens is 3. The molecule has 3 aromatic rings. The molecule has 0 fully saturated rings. The summed E-state index contributed by atoms with van der Waals surface area (Å²) >= 11 is 0. The Hall–Kier alpha value is -3.36. The third-order valence-electron chi connectivity index (χ3n) is 5.21. The monoisotopic (exact) mass is 416 g/mol. The van der Waals surface area contributed by atoms with Gasteiger partial charge in [-0.25, -0.2) is 9.37 Å². The largest absolute Gasteiger partial charge is 0.355 e. The molecule has 0 bridgehead atoms. The van der Waals surface area contributed by atoms with Gasteiger partial charge < -0.3 is 10.6 Å². The Bertz CT molecular complexity index is 1130. The highest BCUT2D eigenvalue weighted by Crippen LogP contribution is 2.33. The number of anilines is 1. The zero-order valence-electron chi connectivity index (χ0n) is 16.0. The van der Waals surface area contributed by atoms with Crippen LogP contribution in [0, 0.1) is 5.82 Å². The van der Waals surface area contributed by atoms with Crippen molar-refractivity contribution in [3.63, 3.8) is 0 Å².